The van der Waals surface area contributed by atoms with E-state index in [1.54, 1.807) is 23.4 Å². The van der Waals surface area contributed by atoms with Gasteiger partial charge in [0, 0.05) is 59.5 Å². The molecule has 2 N–H and O–H groups in total. The van der Waals surface area contributed by atoms with Crippen LogP contribution in [0, 0.1) is 10.7 Å². The molecule has 0 spiro atoms. The summed E-state index contributed by atoms with van der Waals surface area (Å²) in [6.45, 7) is 4.33. The molecule has 1 saturated heterocycles. The van der Waals surface area contributed by atoms with Crippen molar-refractivity contribution in [1.29, 1.82) is 0 Å². The first kappa shape index (κ1) is 28.2. The number of nitrogens with one attached hydrogen (secondary N) is 2. The number of ether oxygens (including phenoxy) is 4. The summed E-state index contributed by atoms with van der Waals surface area (Å²) >= 11 is 0. The van der Waals surface area contributed by atoms with Gasteiger partial charge in [0.15, 0.2) is 28.0 Å². The molecule has 0 aliphatic carbocycles. The van der Waals surface area contributed by atoms with E-state index in [0.29, 0.717) is 48.0 Å². The number of pyridine rings is 1. The van der Waals surface area contributed by atoms with Gasteiger partial charge < -0.3 is 18.9 Å². The van der Waals surface area contributed by atoms with Gasteiger partial charge in [-0.3, -0.25) is 14.6 Å². The molecule has 41 heavy (non-hydrogen) atoms. The van der Waals surface area contributed by atoms with Gasteiger partial charge in [0.1, 0.15) is 12.4 Å². The fourth-order valence-electron chi connectivity index (χ4n) is 4.36. The number of methoxy groups -OCH3 is 1. The highest BCUT2D eigenvalue weighted by Gasteiger charge is 2.23. The summed E-state index contributed by atoms with van der Waals surface area (Å²) in [5.41, 5.74) is 0.377. The first-order valence-corrected chi connectivity index (χ1v) is 14.2. The maximum Gasteiger partial charge on any atom is 0.273 e. The molecule has 5 rings (SSSR count). The van der Waals surface area contributed by atoms with Crippen LogP contribution in [0.2, 0.25) is 0 Å². The van der Waals surface area contributed by atoms with Crippen LogP contribution >= 0.6 is 0 Å². The third kappa shape index (κ3) is 6.53. The van der Waals surface area contributed by atoms with Gasteiger partial charge in [-0.1, -0.05) is 12.1 Å². The zero-order valence-corrected chi connectivity index (χ0v) is 22.9. The number of nitrogens with zero attached hydrogens (tertiary/aromatic N) is 2. The molecule has 1 aliphatic heterocycles. The number of aromatic nitrogens is 1. The van der Waals surface area contributed by atoms with Gasteiger partial charge in [-0.2, -0.15) is 0 Å². The second kappa shape index (κ2) is 12.5. The van der Waals surface area contributed by atoms with Gasteiger partial charge in [-0.15, -0.1) is 0 Å². The molecule has 214 valence electrons. The number of sulfonamides is 1. The van der Waals surface area contributed by atoms with Crippen LogP contribution in [-0.2, 0) is 14.8 Å². The lowest BCUT2D eigenvalue weighted by atomic mass is 10.1. The van der Waals surface area contributed by atoms with Gasteiger partial charge in [0.25, 0.3) is 15.7 Å². The average molecular weight is 584 g/mol. The van der Waals surface area contributed by atoms with Crippen LogP contribution in [0.3, 0.4) is 0 Å². The lowest BCUT2D eigenvalue weighted by Gasteiger charge is -2.26. The van der Waals surface area contributed by atoms with Crippen molar-refractivity contribution in [2.75, 3.05) is 51.3 Å². The quantitative estimate of drug-likeness (QED) is 0.273. The summed E-state index contributed by atoms with van der Waals surface area (Å²) < 4.78 is 65.7. The minimum absolute atomic E-state index is 0.0457. The van der Waals surface area contributed by atoms with E-state index >= 15 is 4.39 Å². The summed E-state index contributed by atoms with van der Waals surface area (Å²) in [6, 6.07) is 14.3. The minimum atomic E-state index is -4.16. The molecular weight excluding hydrogens is 555 g/mol. The number of benzene rings is 3. The largest absolute Gasteiger partial charge is 0.493 e. The topological polar surface area (TPSA) is 130 Å². The minimum Gasteiger partial charge on any atom is -0.493 e. The van der Waals surface area contributed by atoms with E-state index < -0.39 is 15.8 Å². The summed E-state index contributed by atoms with van der Waals surface area (Å²) in [4.78, 5) is 17.5. The Morgan fingerprint density at radius 3 is 2.59 bits per heavy atom. The van der Waals surface area contributed by atoms with Crippen molar-refractivity contribution < 1.29 is 36.9 Å². The molecule has 3 aromatic carbocycles. The molecule has 0 atom stereocenters. The Morgan fingerprint density at radius 2 is 1.83 bits per heavy atom. The van der Waals surface area contributed by atoms with Crippen LogP contribution in [0.4, 0.5) is 15.8 Å². The van der Waals surface area contributed by atoms with E-state index in [4.69, 9.17) is 18.9 Å². The summed E-state index contributed by atoms with van der Waals surface area (Å²) in [5, 5.41) is 2.16. The predicted octanol–water partition coefficient (Wildman–Crippen LogP) is 3.17. The number of hydrogen-bond acceptors (Lipinski definition) is 9. The molecule has 0 bridgehead atoms. The molecule has 1 fully saturated rings. The molecule has 11 nitrogen and oxygen atoms in total. The molecule has 0 saturated carbocycles. The van der Waals surface area contributed by atoms with Gasteiger partial charge in [0.05, 0.1) is 31.5 Å². The maximum absolute atomic E-state index is 15.1. The van der Waals surface area contributed by atoms with Gasteiger partial charge >= 0.3 is 0 Å². The number of halogens is 1. The SMILES string of the molecule is COc1cc2c(Oc3ccc(NS(=O)(=O)c4ccccc4[NH+]=O)cc3F)ccnc2cc1OCCN1CCOCC1. The Bertz CT molecular complexity index is 1660. The second-order valence-corrected chi connectivity index (χ2v) is 10.7. The highest BCUT2D eigenvalue weighted by molar-refractivity contribution is 7.92. The van der Waals surface area contributed by atoms with Crippen molar-refractivity contribution in [3.8, 4) is 23.0 Å². The molecule has 1 aliphatic rings. The number of morpholine rings is 1. The lowest BCUT2D eigenvalue weighted by molar-refractivity contribution is -0.382. The Hall–Kier alpha value is -4.33. The third-order valence-electron chi connectivity index (χ3n) is 6.45. The van der Waals surface area contributed by atoms with E-state index in [0.717, 1.165) is 25.7 Å². The Balaban J connectivity index is 1.33. The van der Waals surface area contributed by atoms with E-state index in [2.05, 4.69) is 14.6 Å². The number of rotatable bonds is 11. The van der Waals surface area contributed by atoms with Crippen LogP contribution in [0.25, 0.3) is 10.9 Å². The highest BCUT2D eigenvalue weighted by Crippen LogP contribution is 2.38. The Labute approximate surface area is 235 Å². The van der Waals surface area contributed by atoms with Crippen LogP contribution in [0.5, 0.6) is 23.0 Å². The first-order valence-electron chi connectivity index (χ1n) is 12.7. The van der Waals surface area contributed by atoms with Crippen LogP contribution in [-0.4, -0.2) is 64.9 Å². The number of para-hydroxylation sites is 1. The van der Waals surface area contributed by atoms with E-state index in [1.807, 2.05) is 0 Å². The normalized spacial score (nSPS) is 14.0. The van der Waals surface area contributed by atoms with Crippen molar-refractivity contribution in [2.45, 2.75) is 4.90 Å². The van der Waals surface area contributed by atoms with E-state index in [9.17, 15) is 13.3 Å². The first-order chi connectivity index (χ1) is 19.9. The van der Waals surface area contributed by atoms with Crippen LogP contribution < -0.4 is 24.1 Å². The maximum atomic E-state index is 15.1. The van der Waals surface area contributed by atoms with Gasteiger partial charge in [0.2, 0.25) is 0 Å². The zero-order valence-electron chi connectivity index (χ0n) is 22.1. The molecule has 4 aromatic rings. The summed E-state index contributed by atoms with van der Waals surface area (Å²) in [5.74, 6) is 0.369. The van der Waals surface area contributed by atoms with Crippen LogP contribution in [0.15, 0.2) is 71.8 Å². The zero-order chi connectivity index (χ0) is 28.8. The Kier molecular flexibility index (Phi) is 8.57. The molecule has 0 amide bonds. The molecule has 2 heterocycles. The fourth-order valence-corrected chi connectivity index (χ4v) is 5.56. The third-order valence-corrected chi connectivity index (χ3v) is 7.89. The smallest absolute Gasteiger partial charge is 0.273 e. The van der Waals surface area contributed by atoms with E-state index in [-0.39, 0.29) is 22.0 Å². The fraction of sp³-hybridized carbons (Fsp3) is 0.250. The molecular formula is C28H28FN4O7S+. The lowest BCUT2D eigenvalue weighted by Crippen LogP contribution is -2.56. The number of anilines is 1. The van der Waals surface area contributed by atoms with Crippen molar-refractivity contribution in [3.05, 3.63) is 77.6 Å². The summed E-state index contributed by atoms with van der Waals surface area (Å²) in [7, 11) is -2.64. The monoisotopic (exact) mass is 583 g/mol. The molecule has 0 unspecified atom stereocenters. The predicted molar refractivity (Wildman–Crippen MR) is 149 cm³/mol. The number of hydrogen-bond donors (Lipinski definition) is 2. The average Bonchev–Trinajstić information content (AvgIpc) is 2.98. The Morgan fingerprint density at radius 1 is 1.02 bits per heavy atom. The van der Waals surface area contributed by atoms with Crippen molar-refractivity contribution in [2.24, 2.45) is 0 Å². The summed E-state index contributed by atoms with van der Waals surface area (Å²) in [6.07, 6.45) is 1.53. The van der Waals surface area contributed by atoms with E-state index in [1.165, 1.54) is 49.7 Å². The highest BCUT2D eigenvalue weighted by atomic mass is 32.2. The second-order valence-electron chi connectivity index (χ2n) is 9.08. The standard InChI is InChI=1S/C28H27FN4O7S/c1-37-26-17-20-23(18-27(26)39-15-12-33-10-13-38-14-11-33)30-9-8-24(20)40-25-7-6-19(16-21(25)29)32-41(35,36)28-5-3-2-4-22(28)31-34/h2-9,16-18,32H,10-15H2,1H3/p+1. The molecule has 1 aromatic heterocycles. The number of nitroso groups, excluding NO2 is 1. The van der Waals surface area contributed by atoms with Crippen LogP contribution in [0.1, 0.15) is 0 Å². The molecule has 13 heteroatoms. The van der Waals surface area contributed by atoms with Crippen molar-refractivity contribution in [1.82, 2.24) is 9.88 Å². The molecule has 0 radical (unpaired) electrons. The van der Waals surface area contributed by atoms with Crippen molar-refractivity contribution >= 4 is 32.3 Å². The number of fused-ring (bicyclic) bond motifs is 1. The van der Waals surface area contributed by atoms with Gasteiger partial charge in [-0.25, -0.2) is 12.8 Å². The van der Waals surface area contributed by atoms with Crippen molar-refractivity contribution in [3.63, 3.8) is 0 Å². The van der Waals surface area contributed by atoms with Gasteiger partial charge in [-0.05, 0) is 30.3 Å².